The first-order chi connectivity index (χ1) is 7.85. The summed E-state index contributed by atoms with van der Waals surface area (Å²) < 4.78 is 5.68. The Kier molecular flexibility index (Phi) is 2.07. The summed E-state index contributed by atoms with van der Waals surface area (Å²) in [7, 11) is 0. The van der Waals surface area contributed by atoms with E-state index >= 15 is 0 Å². The van der Waals surface area contributed by atoms with Crippen molar-refractivity contribution >= 4 is 0 Å². The molecule has 1 aromatic heterocycles. The summed E-state index contributed by atoms with van der Waals surface area (Å²) >= 11 is 0. The summed E-state index contributed by atoms with van der Waals surface area (Å²) in [5.41, 5.74) is 6.89. The van der Waals surface area contributed by atoms with Crippen LogP contribution in [0.25, 0.3) is 0 Å². The fourth-order valence-corrected chi connectivity index (χ4v) is 2.19. The Balaban J connectivity index is 2.00. The predicted molar refractivity (Wildman–Crippen MR) is 60.9 cm³/mol. The van der Waals surface area contributed by atoms with Gasteiger partial charge in [0.15, 0.2) is 0 Å². The van der Waals surface area contributed by atoms with Crippen LogP contribution in [0.15, 0.2) is 40.9 Å². The van der Waals surface area contributed by atoms with Crippen LogP contribution in [-0.2, 0) is 12.0 Å². The lowest BCUT2D eigenvalue weighted by atomic mass is 9.94. The van der Waals surface area contributed by atoms with Gasteiger partial charge in [-0.15, -0.1) is 0 Å². The largest absolute Gasteiger partial charge is 0.443 e. The van der Waals surface area contributed by atoms with Crippen molar-refractivity contribution in [2.75, 3.05) is 0 Å². The zero-order chi connectivity index (χ0) is 11.0. The molecule has 3 rings (SSSR count). The number of hydrogen-bond acceptors (Lipinski definition) is 3. The third-order valence-corrected chi connectivity index (χ3v) is 3.28. The van der Waals surface area contributed by atoms with E-state index in [1.54, 1.807) is 0 Å². The minimum absolute atomic E-state index is 0.0711. The smallest absolute Gasteiger partial charge is 0.208 e. The van der Waals surface area contributed by atoms with Crippen LogP contribution in [0.4, 0.5) is 0 Å². The molecule has 0 spiro atoms. The van der Waals surface area contributed by atoms with Crippen molar-refractivity contribution in [2.45, 2.75) is 24.8 Å². The molecule has 1 fully saturated rings. The molecule has 0 bridgehead atoms. The monoisotopic (exact) mass is 214 g/mol. The van der Waals surface area contributed by atoms with Crippen molar-refractivity contribution in [3.05, 3.63) is 53.7 Å². The zero-order valence-electron chi connectivity index (χ0n) is 9.02. The molecular formula is C13H14N2O. The molecule has 1 heterocycles. The quantitative estimate of drug-likeness (QED) is 0.852. The first-order valence-electron chi connectivity index (χ1n) is 5.56. The highest BCUT2D eigenvalue weighted by Gasteiger charge is 2.48. The molecule has 1 aliphatic rings. The number of nitrogens with two attached hydrogens (primary N) is 1. The van der Waals surface area contributed by atoms with Gasteiger partial charge in [-0.3, -0.25) is 0 Å². The Bertz CT molecular complexity index is 486. The van der Waals surface area contributed by atoms with Gasteiger partial charge in [0.1, 0.15) is 5.76 Å². The summed E-state index contributed by atoms with van der Waals surface area (Å²) in [6.07, 6.45) is 4.09. The van der Waals surface area contributed by atoms with Crippen molar-refractivity contribution in [2.24, 2.45) is 5.73 Å². The maximum atomic E-state index is 5.68. The number of hydrogen-bond donors (Lipinski definition) is 1. The van der Waals surface area contributed by atoms with E-state index in [9.17, 15) is 0 Å². The molecule has 2 N–H and O–H groups in total. The van der Waals surface area contributed by atoms with Gasteiger partial charge < -0.3 is 10.2 Å². The van der Waals surface area contributed by atoms with Crippen molar-refractivity contribution in [1.29, 1.82) is 0 Å². The van der Waals surface area contributed by atoms with E-state index in [0.717, 1.165) is 18.6 Å². The first-order valence-corrected chi connectivity index (χ1v) is 5.56. The second-order valence-corrected chi connectivity index (χ2v) is 4.27. The molecule has 0 radical (unpaired) electrons. The van der Waals surface area contributed by atoms with Crippen LogP contribution in [0.1, 0.15) is 30.1 Å². The Morgan fingerprint density at radius 2 is 2.00 bits per heavy atom. The van der Waals surface area contributed by atoms with E-state index in [0.29, 0.717) is 12.4 Å². The van der Waals surface area contributed by atoms with Crippen LogP contribution in [0.2, 0.25) is 0 Å². The summed E-state index contributed by atoms with van der Waals surface area (Å²) in [6, 6.07) is 10.5. The lowest BCUT2D eigenvalue weighted by molar-refractivity contribution is 0.434. The van der Waals surface area contributed by atoms with E-state index in [1.165, 1.54) is 5.56 Å². The van der Waals surface area contributed by atoms with Crippen LogP contribution in [-0.4, -0.2) is 4.98 Å². The molecule has 82 valence electrons. The number of oxazole rings is 1. The van der Waals surface area contributed by atoms with E-state index in [1.807, 2.05) is 12.3 Å². The van der Waals surface area contributed by atoms with Crippen LogP contribution in [0.5, 0.6) is 0 Å². The average Bonchev–Trinajstić information content (AvgIpc) is 3.02. The third kappa shape index (κ3) is 1.36. The molecular weight excluding hydrogens is 200 g/mol. The number of nitrogens with zero attached hydrogens (tertiary/aromatic N) is 1. The van der Waals surface area contributed by atoms with E-state index in [2.05, 4.69) is 29.2 Å². The minimum Gasteiger partial charge on any atom is -0.443 e. The molecule has 1 aliphatic carbocycles. The first kappa shape index (κ1) is 9.60. The summed E-state index contributed by atoms with van der Waals surface area (Å²) in [5.74, 6) is 1.58. The van der Waals surface area contributed by atoms with Gasteiger partial charge in [-0.25, -0.2) is 4.98 Å². The lowest BCUT2D eigenvalue weighted by Crippen LogP contribution is -2.06. The molecule has 0 unspecified atom stereocenters. The summed E-state index contributed by atoms with van der Waals surface area (Å²) in [4.78, 5) is 4.17. The zero-order valence-corrected chi connectivity index (χ0v) is 9.02. The van der Waals surface area contributed by atoms with E-state index in [-0.39, 0.29) is 5.41 Å². The minimum atomic E-state index is 0.0711. The van der Waals surface area contributed by atoms with Gasteiger partial charge >= 0.3 is 0 Å². The fourth-order valence-electron chi connectivity index (χ4n) is 2.19. The Hall–Kier alpha value is -1.61. The highest BCUT2D eigenvalue weighted by molar-refractivity contribution is 5.39. The Morgan fingerprint density at radius 1 is 1.25 bits per heavy atom. The summed E-state index contributed by atoms with van der Waals surface area (Å²) in [6.45, 7) is 0.366. The van der Waals surface area contributed by atoms with Crippen molar-refractivity contribution < 1.29 is 4.42 Å². The molecule has 1 saturated carbocycles. The van der Waals surface area contributed by atoms with Crippen LogP contribution in [0.3, 0.4) is 0 Å². The number of aromatic nitrogens is 1. The SMILES string of the molecule is NCc1ncc(C2(c3ccccc3)CC2)o1. The molecule has 3 nitrogen and oxygen atoms in total. The van der Waals surface area contributed by atoms with Crippen molar-refractivity contribution in [1.82, 2.24) is 4.98 Å². The van der Waals surface area contributed by atoms with Crippen molar-refractivity contribution in [3.8, 4) is 0 Å². The van der Waals surface area contributed by atoms with E-state index in [4.69, 9.17) is 10.2 Å². The van der Waals surface area contributed by atoms with Gasteiger partial charge in [0.25, 0.3) is 0 Å². The Labute approximate surface area is 94.3 Å². The maximum Gasteiger partial charge on any atom is 0.208 e. The molecule has 1 aromatic carbocycles. The predicted octanol–water partition coefficient (Wildman–Crippen LogP) is 2.21. The molecule has 16 heavy (non-hydrogen) atoms. The number of benzene rings is 1. The topological polar surface area (TPSA) is 52.0 Å². The van der Waals surface area contributed by atoms with Crippen LogP contribution < -0.4 is 5.73 Å². The molecule has 3 heteroatoms. The fraction of sp³-hybridized carbons (Fsp3) is 0.308. The maximum absolute atomic E-state index is 5.68. The third-order valence-electron chi connectivity index (χ3n) is 3.28. The molecule has 2 aromatic rings. The van der Waals surface area contributed by atoms with Gasteiger partial charge in [0, 0.05) is 0 Å². The van der Waals surface area contributed by atoms with Gasteiger partial charge in [-0.05, 0) is 18.4 Å². The van der Waals surface area contributed by atoms with Crippen molar-refractivity contribution in [3.63, 3.8) is 0 Å². The molecule has 0 amide bonds. The van der Waals surface area contributed by atoms with Gasteiger partial charge in [0.05, 0.1) is 18.2 Å². The normalized spacial score (nSPS) is 17.3. The second-order valence-electron chi connectivity index (χ2n) is 4.27. The standard InChI is InChI=1S/C13H14N2O/c14-8-12-15-9-11(16-12)13(6-7-13)10-4-2-1-3-5-10/h1-5,9H,6-8,14H2. The average molecular weight is 214 g/mol. The van der Waals surface area contributed by atoms with Crippen LogP contribution in [0, 0.1) is 0 Å². The van der Waals surface area contributed by atoms with Crippen LogP contribution >= 0.6 is 0 Å². The Morgan fingerprint density at radius 3 is 2.56 bits per heavy atom. The second kappa shape index (κ2) is 3.46. The highest BCUT2D eigenvalue weighted by atomic mass is 16.4. The molecule has 0 saturated heterocycles. The lowest BCUT2D eigenvalue weighted by Gasteiger charge is -2.11. The molecule has 0 atom stereocenters. The van der Waals surface area contributed by atoms with Gasteiger partial charge in [-0.1, -0.05) is 30.3 Å². The highest BCUT2D eigenvalue weighted by Crippen LogP contribution is 2.53. The van der Waals surface area contributed by atoms with Gasteiger partial charge in [-0.2, -0.15) is 0 Å². The number of rotatable bonds is 3. The summed E-state index contributed by atoms with van der Waals surface area (Å²) in [5, 5.41) is 0. The van der Waals surface area contributed by atoms with Gasteiger partial charge in [0.2, 0.25) is 5.89 Å². The van der Waals surface area contributed by atoms with E-state index < -0.39 is 0 Å². The molecule has 0 aliphatic heterocycles.